The van der Waals surface area contributed by atoms with Crippen molar-refractivity contribution < 1.29 is 24.6 Å². The van der Waals surface area contributed by atoms with Gasteiger partial charge in [-0.15, -0.1) is 0 Å². The second-order valence-corrected chi connectivity index (χ2v) is 13.6. The van der Waals surface area contributed by atoms with Crippen LogP contribution in [-0.4, -0.2) is 80.1 Å². The van der Waals surface area contributed by atoms with Crippen LogP contribution in [0.3, 0.4) is 0 Å². The molecule has 1 aliphatic heterocycles. The fourth-order valence-electron chi connectivity index (χ4n) is 7.29. The van der Waals surface area contributed by atoms with Gasteiger partial charge in [-0.25, -0.2) is 0 Å². The first-order valence-electron chi connectivity index (χ1n) is 15.1. The number of carbonyl (C=O) groups is 3. The maximum absolute atomic E-state index is 14.0. The highest BCUT2D eigenvalue weighted by atomic mass is 79.9. The van der Waals surface area contributed by atoms with E-state index in [1.165, 1.54) is 4.90 Å². The van der Waals surface area contributed by atoms with Crippen LogP contribution in [-0.2, 0) is 27.3 Å². The smallest absolute Gasteiger partial charge is 0.245 e. The van der Waals surface area contributed by atoms with Crippen LogP contribution in [0.4, 0.5) is 0 Å². The van der Waals surface area contributed by atoms with Crippen molar-refractivity contribution in [1.29, 1.82) is 0 Å². The van der Waals surface area contributed by atoms with Crippen LogP contribution in [0.1, 0.15) is 56.1 Å². The second kappa shape index (κ2) is 11.7. The average Bonchev–Trinajstić information content (AvgIpc) is 3.61. The number of fused-ring (bicyclic) bond motifs is 4. The number of likely N-dealkylation sites (tertiary alicyclic amines) is 1. The van der Waals surface area contributed by atoms with E-state index in [0.29, 0.717) is 45.1 Å². The van der Waals surface area contributed by atoms with Crippen LogP contribution in [0.15, 0.2) is 59.2 Å². The molecular formula is C33H39BrN4O5. The van der Waals surface area contributed by atoms with E-state index in [-0.39, 0.29) is 31.2 Å². The van der Waals surface area contributed by atoms with Crippen molar-refractivity contribution >= 4 is 44.6 Å². The van der Waals surface area contributed by atoms with Gasteiger partial charge in [0.1, 0.15) is 12.1 Å². The first-order chi connectivity index (χ1) is 20.6. The number of carbonyl (C=O) groups excluding carboxylic acids is 3. The number of β-amino-alcohol motifs (C(OH)–C–C–N with tert-alkyl or cyclic N) is 1. The fraction of sp³-hybridized carbons (Fsp3) is 0.485. The fourth-order valence-corrected chi connectivity index (χ4v) is 7.70. The predicted octanol–water partition coefficient (Wildman–Crippen LogP) is 3.66. The number of hydrogen-bond donors (Lipinski definition) is 4. The molecule has 3 atom stereocenters. The van der Waals surface area contributed by atoms with E-state index in [4.69, 9.17) is 0 Å². The topological polar surface area (TPSA) is 126 Å². The molecular weight excluding hydrogens is 612 g/mol. The average molecular weight is 652 g/mol. The highest BCUT2D eigenvalue weighted by Crippen LogP contribution is 2.53. The molecule has 7 rings (SSSR count). The van der Waals surface area contributed by atoms with Crippen LogP contribution < -0.4 is 5.32 Å². The minimum Gasteiger partial charge on any atom is -0.391 e. The number of aliphatic hydroxyl groups excluding tert-OH is 1. The first-order valence-corrected chi connectivity index (χ1v) is 15.9. The third kappa shape index (κ3) is 5.84. The number of aromatic amines is 1. The summed E-state index contributed by atoms with van der Waals surface area (Å²) in [5.74, 6) is -0.795. The monoisotopic (exact) mass is 650 g/mol. The normalized spacial score (nSPS) is 27.3. The Morgan fingerprint density at radius 1 is 1.05 bits per heavy atom. The molecule has 2 heterocycles. The van der Waals surface area contributed by atoms with Gasteiger partial charge >= 0.3 is 0 Å². The molecule has 3 aromatic rings. The van der Waals surface area contributed by atoms with Crippen molar-refractivity contribution in [1.82, 2.24) is 20.1 Å². The molecule has 2 unspecified atom stereocenters. The summed E-state index contributed by atoms with van der Waals surface area (Å²) < 4.78 is 0.893. The number of hydrogen-bond acceptors (Lipinski definition) is 5. The molecule has 228 valence electrons. The number of halogens is 1. The Bertz CT molecular complexity index is 1510. The number of amides is 3. The lowest BCUT2D eigenvalue weighted by Crippen LogP contribution is -2.58. The van der Waals surface area contributed by atoms with Gasteiger partial charge in [0.05, 0.1) is 11.7 Å². The lowest BCUT2D eigenvalue weighted by molar-refractivity contribution is -0.161. The Balaban J connectivity index is 1.24. The molecule has 4 fully saturated rings. The molecule has 10 heteroatoms. The van der Waals surface area contributed by atoms with Crippen molar-refractivity contribution in [2.45, 2.75) is 81.7 Å². The highest BCUT2D eigenvalue weighted by Gasteiger charge is 2.55. The molecule has 3 amide bonds. The Labute approximate surface area is 259 Å². The number of H-pyrrole nitrogens is 1. The van der Waals surface area contributed by atoms with Crippen LogP contribution in [0.5, 0.6) is 0 Å². The van der Waals surface area contributed by atoms with E-state index in [1.54, 1.807) is 11.9 Å². The van der Waals surface area contributed by atoms with Crippen LogP contribution >= 0.6 is 15.9 Å². The van der Waals surface area contributed by atoms with Gasteiger partial charge in [-0.1, -0.05) is 52.3 Å². The number of likely N-dealkylation sites (N-methyl/N-ethyl adjacent to an activating group) is 1. The third-order valence-electron chi connectivity index (χ3n) is 9.96. The van der Waals surface area contributed by atoms with Crippen molar-refractivity contribution in [3.63, 3.8) is 0 Å². The minimum absolute atomic E-state index is 0.0892. The molecule has 0 radical (unpaired) electrons. The molecule has 43 heavy (non-hydrogen) atoms. The summed E-state index contributed by atoms with van der Waals surface area (Å²) in [6.07, 6.45) is 4.94. The molecule has 4 N–H and O–H groups in total. The quantitative estimate of drug-likeness (QED) is 0.296. The van der Waals surface area contributed by atoms with Crippen molar-refractivity contribution in [2.75, 3.05) is 13.6 Å². The van der Waals surface area contributed by atoms with Gasteiger partial charge in [0.2, 0.25) is 17.7 Å². The van der Waals surface area contributed by atoms with E-state index in [9.17, 15) is 24.6 Å². The SMILES string of the molecule is CN(Cc1ccccc1Br)C(=O)C(Cc1c[nH]c2ccccc12)NC(=O)C1C[C@@H](O)CN1C(=O)C12CCC(O)(CC1)CC2. The highest BCUT2D eigenvalue weighted by molar-refractivity contribution is 9.10. The third-order valence-corrected chi connectivity index (χ3v) is 10.7. The first kappa shape index (κ1) is 29.8. The van der Waals surface area contributed by atoms with Gasteiger partial charge in [0, 0.05) is 60.0 Å². The molecule has 9 nitrogen and oxygen atoms in total. The van der Waals surface area contributed by atoms with E-state index in [0.717, 1.165) is 26.5 Å². The lowest BCUT2D eigenvalue weighted by atomic mass is 9.58. The molecule has 0 spiro atoms. The molecule has 3 saturated carbocycles. The van der Waals surface area contributed by atoms with Crippen LogP contribution in [0.2, 0.25) is 0 Å². The maximum Gasteiger partial charge on any atom is 0.245 e. The molecule has 4 aliphatic rings. The molecule has 3 aliphatic carbocycles. The van der Waals surface area contributed by atoms with Gasteiger partial charge in [-0.2, -0.15) is 0 Å². The summed E-state index contributed by atoms with van der Waals surface area (Å²) >= 11 is 3.56. The number of nitrogens with one attached hydrogen (secondary N) is 2. The predicted molar refractivity (Wildman–Crippen MR) is 166 cm³/mol. The lowest BCUT2D eigenvalue weighted by Gasteiger charge is -2.51. The van der Waals surface area contributed by atoms with E-state index < -0.39 is 35.1 Å². The second-order valence-electron chi connectivity index (χ2n) is 12.8. The van der Waals surface area contributed by atoms with Gasteiger partial charge in [0.25, 0.3) is 0 Å². The number of rotatable bonds is 8. The summed E-state index contributed by atoms with van der Waals surface area (Å²) in [6, 6.07) is 13.8. The van der Waals surface area contributed by atoms with E-state index in [1.807, 2.05) is 54.7 Å². The Morgan fingerprint density at radius 2 is 1.72 bits per heavy atom. The largest absolute Gasteiger partial charge is 0.391 e. The number of nitrogens with zero attached hydrogens (tertiary/aromatic N) is 2. The number of aliphatic hydroxyl groups is 2. The maximum atomic E-state index is 14.0. The Kier molecular flexibility index (Phi) is 8.12. The van der Waals surface area contributed by atoms with E-state index >= 15 is 0 Å². The summed E-state index contributed by atoms with van der Waals surface area (Å²) in [5.41, 5.74) is 1.51. The number of para-hydroxylation sites is 1. The summed E-state index contributed by atoms with van der Waals surface area (Å²) in [6.45, 7) is 0.439. The molecule has 1 aromatic heterocycles. The minimum atomic E-state index is -0.883. The zero-order valence-electron chi connectivity index (χ0n) is 24.4. The summed E-state index contributed by atoms with van der Waals surface area (Å²) in [5, 5.41) is 25.3. The standard InChI is InChI=1S/C33H39BrN4O5/c1-37(19-21-6-2-4-8-25(21)34)30(41)27(16-22-18-35-26-9-5-3-7-24(22)26)36-29(40)28-17-23(39)20-38(28)31(42)32-10-13-33(43,14-11-32)15-12-32/h2-9,18,23,27-28,35,39,43H,10-17,19-20H2,1H3,(H,36,40)/t23-,27?,28?,32?,33?/m1/s1. The zero-order chi connectivity index (χ0) is 30.4. The Hall–Kier alpha value is -3.21. The van der Waals surface area contributed by atoms with Crippen LogP contribution in [0.25, 0.3) is 10.9 Å². The zero-order valence-corrected chi connectivity index (χ0v) is 26.0. The molecule has 1 saturated heterocycles. The molecule has 2 bridgehead atoms. The van der Waals surface area contributed by atoms with Crippen molar-refractivity contribution in [3.8, 4) is 0 Å². The summed E-state index contributed by atoms with van der Waals surface area (Å²) in [4.78, 5) is 48.3. The van der Waals surface area contributed by atoms with Gasteiger partial charge in [0.15, 0.2) is 0 Å². The van der Waals surface area contributed by atoms with Crippen molar-refractivity contribution in [2.24, 2.45) is 5.41 Å². The summed E-state index contributed by atoms with van der Waals surface area (Å²) in [7, 11) is 1.72. The van der Waals surface area contributed by atoms with Crippen LogP contribution in [0, 0.1) is 5.41 Å². The van der Waals surface area contributed by atoms with Gasteiger partial charge in [-0.05, 0) is 61.8 Å². The molecule has 2 aromatic carbocycles. The number of aromatic nitrogens is 1. The number of benzene rings is 2. The Morgan fingerprint density at radius 3 is 2.44 bits per heavy atom. The van der Waals surface area contributed by atoms with Gasteiger partial charge in [-0.3, -0.25) is 14.4 Å². The van der Waals surface area contributed by atoms with Crippen molar-refractivity contribution in [3.05, 3.63) is 70.3 Å². The van der Waals surface area contributed by atoms with E-state index in [2.05, 4.69) is 26.2 Å². The van der Waals surface area contributed by atoms with Gasteiger partial charge < -0.3 is 30.3 Å².